The van der Waals surface area contributed by atoms with E-state index in [1.807, 2.05) is 30.3 Å². The Morgan fingerprint density at radius 3 is 2.03 bits per heavy atom. The molecule has 7 heteroatoms. The van der Waals surface area contributed by atoms with Crippen LogP contribution < -0.4 is 5.32 Å². The van der Waals surface area contributed by atoms with Crippen LogP contribution in [0.4, 0.5) is 9.59 Å². The number of carbonyl (C=O) groups excluding carboxylic acids is 2. The van der Waals surface area contributed by atoms with E-state index in [1.54, 1.807) is 55.4 Å². The van der Waals surface area contributed by atoms with Gasteiger partial charge in [-0.15, -0.1) is 0 Å². The normalized spacial score (nSPS) is 15.0. The van der Waals surface area contributed by atoms with Crippen molar-refractivity contribution in [3.63, 3.8) is 0 Å². The molecule has 3 atom stereocenters. The van der Waals surface area contributed by atoms with Crippen molar-refractivity contribution >= 4 is 12.2 Å². The predicted octanol–water partition coefficient (Wildman–Crippen LogP) is 4.48. The molecule has 0 saturated carbocycles. The second kappa shape index (κ2) is 10.7. The monoisotopic (exact) mass is 422 g/mol. The Morgan fingerprint density at radius 2 is 1.53 bits per heavy atom. The van der Waals surface area contributed by atoms with Crippen LogP contribution >= 0.6 is 0 Å². The zero-order chi connectivity index (χ0) is 23.1. The second-order valence-corrected chi connectivity index (χ2v) is 9.68. The van der Waals surface area contributed by atoms with E-state index in [4.69, 9.17) is 9.47 Å². The molecule has 2 amide bonds. The van der Waals surface area contributed by atoms with Gasteiger partial charge in [0.1, 0.15) is 11.2 Å². The van der Waals surface area contributed by atoms with Gasteiger partial charge in [-0.3, -0.25) is 4.90 Å². The number of aliphatic hydroxyl groups is 1. The molecule has 7 nitrogen and oxygen atoms in total. The van der Waals surface area contributed by atoms with E-state index in [-0.39, 0.29) is 12.5 Å². The van der Waals surface area contributed by atoms with E-state index in [0.29, 0.717) is 6.54 Å². The molecule has 0 radical (unpaired) electrons. The SMILES string of the molecule is C[C@@H](CC(O)[C@H](C)N(Cc1ccccc1)C(=O)OC(C)(C)C)NC(=O)OC(C)(C)C. The summed E-state index contributed by atoms with van der Waals surface area (Å²) in [4.78, 5) is 26.3. The standard InChI is InChI=1S/C23H38N2O5/c1-16(24-20(27)29-22(3,4)5)14-19(26)17(2)25(21(28)30-23(6,7)8)15-18-12-10-9-11-13-18/h9-13,16-17,19,26H,14-15H2,1-8H3,(H,24,27)/t16-,17-,19?/m0/s1. The molecule has 1 unspecified atom stereocenters. The molecule has 1 aromatic rings. The van der Waals surface area contributed by atoms with E-state index < -0.39 is 35.5 Å². The third kappa shape index (κ3) is 9.96. The number of nitrogens with zero attached hydrogens (tertiary/aromatic N) is 1. The van der Waals surface area contributed by atoms with Gasteiger partial charge in [0.05, 0.1) is 12.1 Å². The van der Waals surface area contributed by atoms with Crippen LogP contribution in [-0.2, 0) is 16.0 Å². The number of benzene rings is 1. The molecule has 170 valence electrons. The third-order valence-electron chi connectivity index (χ3n) is 4.23. The maximum absolute atomic E-state index is 12.8. The molecular formula is C23H38N2O5. The van der Waals surface area contributed by atoms with Crippen molar-refractivity contribution in [2.45, 2.75) is 97.7 Å². The molecule has 0 aromatic heterocycles. The molecular weight excluding hydrogens is 384 g/mol. The van der Waals surface area contributed by atoms with E-state index in [1.165, 1.54) is 4.90 Å². The van der Waals surface area contributed by atoms with Gasteiger partial charge in [-0.1, -0.05) is 30.3 Å². The van der Waals surface area contributed by atoms with Gasteiger partial charge in [0.25, 0.3) is 0 Å². The third-order valence-corrected chi connectivity index (χ3v) is 4.23. The molecule has 0 aliphatic carbocycles. The largest absolute Gasteiger partial charge is 0.444 e. The fourth-order valence-electron chi connectivity index (χ4n) is 2.81. The van der Waals surface area contributed by atoms with Crippen LogP contribution in [0.3, 0.4) is 0 Å². The smallest absolute Gasteiger partial charge is 0.410 e. The molecule has 0 heterocycles. The van der Waals surface area contributed by atoms with Crippen molar-refractivity contribution in [2.75, 3.05) is 0 Å². The van der Waals surface area contributed by atoms with E-state index >= 15 is 0 Å². The topological polar surface area (TPSA) is 88.1 Å². The van der Waals surface area contributed by atoms with Crippen LogP contribution in [0.15, 0.2) is 30.3 Å². The number of hydrogen-bond acceptors (Lipinski definition) is 5. The molecule has 1 aromatic carbocycles. The van der Waals surface area contributed by atoms with Gasteiger partial charge in [0.15, 0.2) is 0 Å². The summed E-state index contributed by atoms with van der Waals surface area (Å²) in [5.74, 6) is 0. The van der Waals surface area contributed by atoms with E-state index in [2.05, 4.69) is 5.32 Å². The summed E-state index contributed by atoms with van der Waals surface area (Å²) >= 11 is 0. The lowest BCUT2D eigenvalue weighted by molar-refractivity contribution is -0.00840. The summed E-state index contributed by atoms with van der Waals surface area (Å²) in [6, 6.07) is 8.68. The quantitative estimate of drug-likeness (QED) is 0.676. The Balaban J connectivity index is 2.84. The van der Waals surface area contributed by atoms with Crippen LogP contribution in [0.25, 0.3) is 0 Å². The van der Waals surface area contributed by atoms with Crippen molar-refractivity contribution in [3.8, 4) is 0 Å². The maximum Gasteiger partial charge on any atom is 0.410 e. The van der Waals surface area contributed by atoms with Gasteiger partial charge in [0.2, 0.25) is 0 Å². The minimum atomic E-state index is -0.869. The van der Waals surface area contributed by atoms with Crippen LogP contribution in [0.2, 0.25) is 0 Å². The average Bonchev–Trinajstić information content (AvgIpc) is 2.56. The number of carbonyl (C=O) groups is 2. The van der Waals surface area contributed by atoms with Gasteiger partial charge in [0, 0.05) is 12.6 Å². The highest BCUT2D eigenvalue weighted by atomic mass is 16.6. The molecule has 1 rings (SSSR count). The minimum absolute atomic E-state index is 0.258. The van der Waals surface area contributed by atoms with Crippen molar-refractivity contribution < 1.29 is 24.2 Å². The highest BCUT2D eigenvalue weighted by molar-refractivity contribution is 5.69. The highest BCUT2D eigenvalue weighted by Crippen LogP contribution is 2.19. The summed E-state index contributed by atoms with van der Waals surface area (Å²) in [6.07, 6.45) is -1.64. The second-order valence-electron chi connectivity index (χ2n) is 9.68. The Kier molecular flexibility index (Phi) is 9.15. The Bertz CT molecular complexity index is 679. The zero-order valence-electron chi connectivity index (χ0n) is 19.6. The molecule has 0 bridgehead atoms. The summed E-state index contributed by atoms with van der Waals surface area (Å²) in [5.41, 5.74) is -0.316. The van der Waals surface area contributed by atoms with Crippen LogP contribution in [0.1, 0.15) is 67.4 Å². The van der Waals surface area contributed by atoms with Gasteiger partial charge in [-0.2, -0.15) is 0 Å². The lowest BCUT2D eigenvalue weighted by Crippen LogP contribution is -2.49. The zero-order valence-corrected chi connectivity index (χ0v) is 19.6. The molecule has 0 saturated heterocycles. The average molecular weight is 423 g/mol. The highest BCUT2D eigenvalue weighted by Gasteiger charge is 2.31. The first kappa shape index (κ1) is 25.8. The number of ether oxygens (including phenoxy) is 2. The number of aliphatic hydroxyl groups excluding tert-OH is 1. The van der Waals surface area contributed by atoms with Crippen molar-refractivity contribution in [3.05, 3.63) is 35.9 Å². The summed E-state index contributed by atoms with van der Waals surface area (Å²) in [5, 5.41) is 13.5. The fourth-order valence-corrected chi connectivity index (χ4v) is 2.81. The number of hydrogen-bond donors (Lipinski definition) is 2. The predicted molar refractivity (Wildman–Crippen MR) is 117 cm³/mol. The summed E-state index contributed by atoms with van der Waals surface area (Å²) in [6.45, 7) is 14.6. The molecule has 2 N–H and O–H groups in total. The van der Waals surface area contributed by atoms with Gasteiger partial charge in [-0.25, -0.2) is 9.59 Å². The van der Waals surface area contributed by atoms with Gasteiger partial charge < -0.3 is 19.9 Å². The molecule has 0 aliphatic rings. The molecule has 0 fully saturated rings. The first-order valence-electron chi connectivity index (χ1n) is 10.4. The minimum Gasteiger partial charge on any atom is -0.444 e. The molecule has 0 aliphatic heterocycles. The first-order chi connectivity index (χ1) is 13.7. The fraction of sp³-hybridized carbons (Fsp3) is 0.652. The Hall–Kier alpha value is -2.28. The van der Waals surface area contributed by atoms with Gasteiger partial charge in [-0.05, 0) is 67.4 Å². The molecule has 0 spiro atoms. The molecule has 30 heavy (non-hydrogen) atoms. The number of alkyl carbamates (subject to hydrolysis) is 1. The van der Waals surface area contributed by atoms with Crippen LogP contribution in [-0.4, -0.2) is 51.6 Å². The number of amides is 2. The van der Waals surface area contributed by atoms with Gasteiger partial charge >= 0.3 is 12.2 Å². The van der Waals surface area contributed by atoms with E-state index in [9.17, 15) is 14.7 Å². The Labute approximate surface area is 180 Å². The van der Waals surface area contributed by atoms with Crippen LogP contribution in [0.5, 0.6) is 0 Å². The number of rotatable bonds is 7. The summed E-state index contributed by atoms with van der Waals surface area (Å²) in [7, 11) is 0. The Morgan fingerprint density at radius 1 is 1.00 bits per heavy atom. The van der Waals surface area contributed by atoms with Crippen molar-refractivity contribution in [1.29, 1.82) is 0 Å². The van der Waals surface area contributed by atoms with Crippen molar-refractivity contribution in [1.82, 2.24) is 10.2 Å². The lowest BCUT2D eigenvalue weighted by atomic mass is 10.0. The van der Waals surface area contributed by atoms with Crippen LogP contribution in [0, 0.1) is 0 Å². The number of nitrogens with one attached hydrogen (secondary N) is 1. The lowest BCUT2D eigenvalue weighted by Gasteiger charge is -2.35. The first-order valence-corrected chi connectivity index (χ1v) is 10.4. The van der Waals surface area contributed by atoms with E-state index in [0.717, 1.165) is 5.56 Å². The summed E-state index contributed by atoms with van der Waals surface area (Å²) < 4.78 is 10.8. The maximum atomic E-state index is 12.8. The van der Waals surface area contributed by atoms with Crippen molar-refractivity contribution in [2.24, 2.45) is 0 Å².